The molecule has 1 fully saturated rings. The summed E-state index contributed by atoms with van der Waals surface area (Å²) >= 11 is 0. The summed E-state index contributed by atoms with van der Waals surface area (Å²) in [6, 6.07) is 15.4. The van der Waals surface area contributed by atoms with Crippen molar-refractivity contribution < 1.29 is 23.9 Å². The molecule has 4 amide bonds. The number of fused-ring (bicyclic) bond motifs is 1. The van der Waals surface area contributed by atoms with Crippen molar-refractivity contribution in [2.75, 3.05) is 52.9 Å². The minimum atomic E-state index is -0.893. The highest BCUT2D eigenvalue weighted by molar-refractivity contribution is 5.99. The normalized spacial score (nSPS) is 20.4. The van der Waals surface area contributed by atoms with Crippen LogP contribution < -0.4 is 15.4 Å². The molecule has 2 aliphatic rings. The second kappa shape index (κ2) is 13.7. The number of carbonyl (C=O) groups is 4. The second-order valence-electron chi connectivity index (χ2n) is 9.98. The van der Waals surface area contributed by atoms with E-state index in [1.807, 2.05) is 37.4 Å². The van der Waals surface area contributed by atoms with Gasteiger partial charge < -0.3 is 30.1 Å². The van der Waals surface area contributed by atoms with Crippen molar-refractivity contribution >= 4 is 23.6 Å². The van der Waals surface area contributed by atoms with Gasteiger partial charge in [-0.1, -0.05) is 42.5 Å². The van der Waals surface area contributed by atoms with Crippen LogP contribution in [0.1, 0.15) is 35.2 Å². The summed E-state index contributed by atoms with van der Waals surface area (Å²) in [5.74, 6) is -0.849. The molecule has 2 N–H and O–H groups in total. The quantitative estimate of drug-likeness (QED) is 0.613. The van der Waals surface area contributed by atoms with E-state index in [9.17, 15) is 19.2 Å². The first kappa shape index (κ1) is 28.1. The van der Waals surface area contributed by atoms with E-state index in [4.69, 9.17) is 4.74 Å². The van der Waals surface area contributed by atoms with Gasteiger partial charge in [0.05, 0.1) is 18.7 Å². The van der Waals surface area contributed by atoms with Crippen LogP contribution in [0.4, 0.5) is 0 Å². The Kier molecular flexibility index (Phi) is 9.91. The molecule has 39 heavy (non-hydrogen) atoms. The molecule has 10 nitrogen and oxygen atoms in total. The highest BCUT2D eigenvalue weighted by atomic mass is 16.5. The maximum Gasteiger partial charge on any atom is 0.255 e. The van der Waals surface area contributed by atoms with Crippen LogP contribution in [-0.4, -0.2) is 97.3 Å². The van der Waals surface area contributed by atoms with E-state index in [0.29, 0.717) is 24.4 Å². The van der Waals surface area contributed by atoms with Crippen molar-refractivity contribution in [2.45, 2.75) is 31.8 Å². The van der Waals surface area contributed by atoms with Crippen LogP contribution in [0.3, 0.4) is 0 Å². The lowest BCUT2D eigenvalue weighted by atomic mass is 10.1. The van der Waals surface area contributed by atoms with E-state index in [0.717, 1.165) is 25.1 Å². The number of rotatable bonds is 3. The largest absolute Gasteiger partial charge is 0.491 e. The van der Waals surface area contributed by atoms with Gasteiger partial charge >= 0.3 is 0 Å². The summed E-state index contributed by atoms with van der Waals surface area (Å²) in [5, 5.41) is 5.68. The molecule has 0 unspecified atom stereocenters. The van der Waals surface area contributed by atoms with E-state index in [2.05, 4.69) is 15.5 Å². The van der Waals surface area contributed by atoms with Gasteiger partial charge in [-0.2, -0.15) is 0 Å². The number of hydrogen-bond acceptors (Lipinski definition) is 6. The minimum Gasteiger partial charge on any atom is -0.491 e. The number of nitrogens with zero attached hydrogens (tertiary/aromatic N) is 3. The zero-order chi connectivity index (χ0) is 27.6. The van der Waals surface area contributed by atoms with Gasteiger partial charge in [0.15, 0.2) is 0 Å². The fourth-order valence-electron chi connectivity index (χ4n) is 4.80. The van der Waals surface area contributed by atoms with Crippen LogP contribution in [0, 0.1) is 0 Å². The van der Waals surface area contributed by atoms with Gasteiger partial charge in [0.25, 0.3) is 5.91 Å². The molecular weight excluding hydrogens is 498 g/mol. The zero-order valence-corrected chi connectivity index (χ0v) is 22.4. The number of hydrogen-bond donors (Lipinski definition) is 2. The lowest BCUT2D eigenvalue weighted by Gasteiger charge is -2.28. The number of likely N-dealkylation sites (N-methyl/N-ethyl adjacent to an activating group) is 1. The average molecular weight is 536 g/mol. The Labute approximate surface area is 229 Å². The number of amides is 4. The topological polar surface area (TPSA) is 111 Å². The van der Waals surface area contributed by atoms with Gasteiger partial charge in [-0.25, -0.2) is 0 Å². The molecule has 2 heterocycles. The third kappa shape index (κ3) is 8.03. The summed E-state index contributed by atoms with van der Waals surface area (Å²) in [6.07, 6.45) is 0.951. The smallest absolute Gasteiger partial charge is 0.255 e. The molecule has 4 rings (SSSR count). The van der Waals surface area contributed by atoms with E-state index >= 15 is 0 Å². The van der Waals surface area contributed by atoms with Crippen LogP contribution in [0.5, 0.6) is 5.75 Å². The Hall–Kier alpha value is -3.92. The highest BCUT2D eigenvalue weighted by Crippen LogP contribution is 2.19. The van der Waals surface area contributed by atoms with Crippen LogP contribution in [0.15, 0.2) is 54.6 Å². The predicted molar refractivity (Wildman–Crippen MR) is 146 cm³/mol. The number of ether oxygens (including phenoxy) is 1. The molecule has 0 bridgehead atoms. The first-order chi connectivity index (χ1) is 18.9. The van der Waals surface area contributed by atoms with Gasteiger partial charge in [-0.3, -0.25) is 19.2 Å². The second-order valence-corrected chi connectivity index (χ2v) is 9.98. The molecule has 0 aliphatic carbocycles. The first-order valence-electron chi connectivity index (χ1n) is 13.5. The number of carbonyl (C=O) groups excluding carboxylic acids is 4. The molecular formula is C29H37N5O5. The Morgan fingerprint density at radius 2 is 1.74 bits per heavy atom. The van der Waals surface area contributed by atoms with Gasteiger partial charge in [0.1, 0.15) is 18.4 Å². The summed E-state index contributed by atoms with van der Waals surface area (Å²) in [5.41, 5.74) is 1.19. The SMILES string of the molecule is CN1CCCN(C(=O)[C@@H]2CCC(=O)N(Cc3ccccc3)CC(=O)NCCOc3ccccc3C(=O)N2)CC1. The fourth-order valence-corrected chi connectivity index (χ4v) is 4.80. The van der Waals surface area contributed by atoms with Crippen LogP contribution in [0.2, 0.25) is 0 Å². The van der Waals surface area contributed by atoms with Crippen molar-refractivity contribution in [1.29, 1.82) is 0 Å². The van der Waals surface area contributed by atoms with Crippen LogP contribution >= 0.6 is 0 Å². The van der Waals surface area contributed by atoms with E-state index in [1.165, 1.54) is 4.90 Å². The van der Waals surface area contributed by atoms with Gasteiger partial charge in [0, 0.05) is 32.6 Å². The standard InChI is InChI=1S/C29H37N5O5/c1-32-15-7-16-33(18-17-32)29(38)24-12-13-27(36)34(20-22-8-3-2-4-9-22)21-26(35)30-14-19-39-25-11-6-5-10-23(25)28(37)31-24/h2-6,8-11,24H,7,12-21H2,1H3,(H,30,35)(H,31,37)/t24-/m0/s1. The van der Waals surface area contributed by atoms with Gasteiger partial charge in [-0.15, -0.1) is 0 Å². The molecule has 1 saturated heterocycles. The summed E-state index contributed by atoms with van der Waals surface area (Å²) in [7, 11) is 2.02. The highest BCUT2D eigenvalue weighted by Gasteiger charge is 2.30. The molecule has 2 aliphatic heterocycles. The maximum atomic E-state index is 13.7. The van der Waals surface area contributed by atoms with Crippen molar-refractivity contribution in [2.24, 2.45) is 0 Å². The number of nitrogens with one attached hydrogen (secondary N) is 2. The molecule has 0 aromatic heterocycles. The summed E-state index contributed by atoms with van der Waals surface area (Å²) in [4.78, 5) is 58.6. The third-order valence-corrected chi connectivity index (χ3v) is 7.00. The van der Waals surface area contributed by atoms with E-state index in [1.54, 1.807) is 29.2 Å². The Bertz CT molecular complexity index is 1160. The van der Waals surface area contributed by atoms with E-state index in [-0.39, 0.29) is 56.8 Å². The predicted octanol–water partition coefficient (Wildman–Crippen LogP) is 1.27. The molecule has 2 aromatic rings. The minimum absolute atomic E-state index is 0.00267. The average Bonchev–Trinajstić information content (AvgIpc) is 3.17. The Morgan fingerprint density at radius 3 is 2.56 bits per heavy atom. The molecule has 2 aromatic carbocycles. The van der Waals surface area contributed by atoms with Crippen molar-refractivity contribution in [1.82, 2.24) is 25.3 Å². The fraction of sp³-hybridized carbons (Fsp3) is 0.448. The van der Waals surface area contributed by atoms with Crippen LogP contribution in [-0.2, 0) is 20.9 Å². The molecule has 208 valence electrons. The number of benzene rings is 2. The zero-order valence-electron chi connectivity index (χ0n) is 22.4. The van der Waals surface area contributed by atoms with Crippen molar-refractivity contribution in [3.05, 3.63) is 65.7 Å². The first-order valence-corrected chi connectivity index (χ1v) is 13.5. The van der Waals surface area contributed by atoms with Crippen molar-refractivity contribution in [3.8, 4) is 5.75 Å². The van der Waals surface area contributed by atoms with Gasteiger partial charge in [-0.05, 0) is 44.1 Å². The van der Waals surface area contributed by atoms with E-state index < -0.39 is 11.9 Å². The van der Waals surface area contributed by atoms with Gasteiger partial charge in [0.2, 0.25) is 17.7 Å². The molecule has 1 atom stereocenters. The number of para-hydroxylation sites is 1. The Balaban J connectivity index is 1.58. The Morgan fingerprint density at radius 1 is 0.974 bits per heavy atom. The molecule has 0 saturated carbocycles. The molecule has 0 spiro atoms. The third-order valence-electron chi connectivity index (χ3n) is 7.00. The monoisotopic (exact) mass is 535 g/mol. The summed E-state index contributed by atoms with van der Waals surface area (Å²) in [6.45, 7) is 3.27. The molecule has 10 heteroatoms. The lowest BCUT2D eigenvalue weighted by molar-refractivity contribution is -0.137. The van der Waals surface area contributed by atoms with Crippen LogP contribution in [0.25, 0.3) is 0 Å². The maximum absolute atomic E-state index is 13.7. The van der Waals surface area contributed by atoms with Crippen molar-refractivity contribution in [3.63, 3.8) is 0 Å². The molecule has 0 radical (unpaired) electrons. The summed E-state index contributed by atoms with van der Waals surface area (Å²) < 4.78 is 5.81. The lowest BCUT2D eigenvalue weighted by Crippen LogP contribution is -2.50.